The zero-order chi connectivity index (χ0) is 24.3. The summed E-state index contributed by atoms with van der Waals surface area (Å²) in [4.78, 5) is 10.9. The molecule has 1 aliphatic heterocycles. The highest BCUT2D eigenvalue weighted by Crippen LogP contribution is 2.28. The molecular weight excluding hydrogens is 439 g/mol. The number of benzene rings is 2. The van der Waals surface area contributed by atoms with Crippen LogP contribution in [0.2, 0.25) is 0 Å². The molecule has 1 aliphatic rings. The van der Waals surface area contributed by atoms with Crippen LogP contribution in [-0.2, 0) is 0 Å². The van der Waals surface area contributed by atoms with Crippen LogP contribution in [0.5, 0.6) is 0 Å². The molecule has 0 amide bonds. The van der Waals surface area contributed by atoms with Crippen LogP contribution in [0.15, 0.2) is 36.4 Å². The number of thioether (sulfide) groups is 1. The molecule has 1 fully saturated rings. The minimum absolute atomic E-state index is 0.0136. The molecule has 0 saturated carbocycles. The number of aldehydes is 1. The van der Waals surface area contributed by atoms with Crippen molar-refractivity contribution in [2.75, 3.05) is 30.7 Å². The first-order valence-corrected chi connectivity index (χ1v) is 11.1. The van der Waals surface area contributed by atoms with Gasteiger partial charge in [-0.3, -0.25) is 10.2 Å². The van der Waals surface area contributed by atoms with Gasteiger partial charge in [-0.15, -0.1) is 0 Å². The molecule has 32 heavy (non-hydrogen) atoms. The quantitative estimate of drug-likeness (QED) is 0.366. The Morgan fingerprint density at radius 3 is 2.31 bits per heavy atom. The molecule has 1 saturated heterocycles. The van der Waals surface area contributed by atoms with E-state index >= 15 is 0 Å². The van der Waals surface area contributed by atoms with Crippen LogP contribution in [0.3, 0.4) is 0 Å². The van der Waals surface area contributed by atoms with Gasteiger partial charge in [0.2, 0.25) is 0 Å². The van der Waals surface area contributed by atoms with E-state index in [1.54, 1.807) is 0 Å². The van der Waals surface area contributed by atoms with Gasteiger partial charge in [0, 0.05) is 39.9 Å². The lowest BCUT2D eigenvalue weighted by Crippen LogP contribution is -2.51. The molecule has 0 aromatic heterocycles. The van der Waals surface area contributed by atoms with Gasteiger partial charge < -0.3 is 15.7 Å². The predicted molar refractivity (Wildman–Crippen MR) is 126 cm³/mol. The average Bonchev–Trinajstić information content (AvgIpc) is 2.72. The number of aliphatic hydroxyl groups is 1. The summed E-state index contributed by atoms with van der Waals surface area (Å²) >= 11 is 2.01. The van der Waals surface area contributed by atoms with Gasteiger partial charge in [0.05, 0.1) is 11.3 Å². The molecule has 0 unspecified atom stereocenters. The Kier molecular flexibility index (Phi) is 11.5. The second-order valence-corrected chi connectivity index (χ2v) is 8.64. The SMILES string of the molecule is CC(C)Nc1cc(C=O)cc(F)c1C(=N)c1cccc(F)c1.CNC1(C)CSC1.OCF. The van der Waals surface area contributed by atoms with Crippen molar-refractivity contribution in [3.05, 3.63) is 64.7 Å². The van der Waals surface area contributed by atoms with Crippen LogP contribution in [0.25, 0.3) is 0 Å². The molecule has 2 aromatic carbocycles. The molecule has 0 radical (unpaired) electrons. The van der Waals surface area contributed by atoms with Gasteiger partial charge in [-0.25, -0.2) is 13.2 Å². The van der Waals surface area contributed by atoms with E-state index in [-0.39, 0.29) is 28.4 Å². The summed E-state index contributed by atoms with van der Waals surface area (Å²) in [5.74, 6) is 1.38. The highest BCUT2D eigenvalue weighted by atomic mass is 32.2. The number of carbonyl (C=O) groups is 1. The van der Waals surface area contributed by atoms with Crippen LogP contribution in [0.1, 0.15) is 42.3 Å². The number of anilines is 1. The molecule has 176 valence electrons. The number of aliphatic hydroxyl groups excluding tert-OH is 1. The maximum Gasteiger partial charge on any atom is 0.185 e. The molecule has 3 rings (SSSR count). The molecule has 0 atom stereocenters. The van der Waals surface area contributed by atoms with Crippen molar-refractivity contribution in [1.82, 2.24) is 5.32 Å². The summed E-state index contributed by atoms with van der Waals surface area (Å²) in [6.45, 7) is 4.73. The van der Waals surface area contributed by atoms with Crippen molar-refractivity contribution in [2.24, 2.45) is 0 Å². The maximum atomic E-state index is 14.4. The van der Waals surface area contributed by atoms with Gasteiger partial charge in [-0.1, -0.05) is 12.1 Å². The van der Waals surface area contributed by atoms with Gasteiger partial charge in [0.25, 0.3) is 0 Å². The Hall–Kier alpha value is -2.36. The number of alkyl halides is 1. The Morgan fingerprint density at radius 1 is 1.28 bits per heavy atom. The Morgan fingerprint density at radius 2 is 1.91 bits per heavy atom. The molecule has 1 heterocycles. The van der Waals surface area contributed by atoms with E-state index in [0.29, 0.717) is 17.5 Å². The van der Waals surface area contributed by atoms with Crippen molar-refractivity contribution < 1.29 is 23.1 Å². The topological polar surface area (TPSA) is 85.2 Å². The standard InChI is InChI=1S/C17H16F2N2O.C5H11NS.CH3FO/c1-10(2)21-15-7-11(9-22)6-14(19)16(15)17(20)12-4-3-5-13(18)8-12;1-5(6-2)3-7-4-5;2-1-3/h3-10,20-21H,1-2H3;6H,3-4H2,1-2H3;3H,1H2. The van der Waals surface area contributed by atoms with Crippen molar-refractivity contribution in [2.45, 2.75) is 32.4 Å². The summed E-state index contributed by atoms with van der Waals surface area (Å²) < 4.78 is 37.5. The minimum Gasteiger partial charge on any atom is -0.382 e. The van der Waals surface area contributed by atoms with Gasteiger partial charge in [-0.05, 0) is 52.1 Å². The van der Waals surface area contributed by atoms with Gasteiger partial charge in [0.15, 0.2) is 6.86 Å². The van der Waals surface area contributed by atoms with Crippen LogP contribution in [0.4, 0.5) is 18.9 Å². The summed E-state index contributed by atoms with van der Waals surface area (Å²) in [6, 6.07) is 7.98. The molecule has 9 heteroatoms. The van der Waals surface area contributed by atoms with Crippen LogP contribution < -0.4 is 10.6 Å². The third-order valence-corrected chi connectivity index (χ3v) is 6.18. The molecule has 0 bridgehead atoms. The normalized spacial score (nSPS) is 13.7. The van der Waals surface area contributed by atoms with Crippen LogP contribution in [0, 0.1) is 17.0 Å². The fourth-order valence-electron chi connectivity index (χ4n) is 2.72. The van der Waals surface area contributed by atoms with Crippen LogP contribution >= 0.6 is 11.8 Å². The lowest BCUT2D eigenvalue weighted by Gasteiger charge is -2.37. The van der Waals surface area contributed by atoms with Crippen molar-refractivity contribution >= 4 is 29.4 Å². The summed E-state index contributed by atoms with van der Waals surface area (Å²) in [5, 5.41) is 21.4. The smallest absolute Gasteiger partial charge is 0.185 e. The monoisotopic (exact) mass is 469 g/mol. The van der Waals surface area contributed by atoms with E-state index in [0.717, 1.165) is 6.07 Å². The summed E-state index contributed by atoms with van der Waals surface area (Å²) in [5.41, 5.74) is 1.14. The number of rotatable bonds is 6. The molecule has 0 aliphatic carbocycles. The van der Waals surface area contributed by atoms with Crippen molar-refractivity contribution in [1.29, 1.82) is 5.41 Å². The Bertz CT molecular complexity index is 901. The number of carbonyl (C=O) groups excluding carboxylic acids is 1. The first-order chi connectivity index (χ1) is 15.1. The summed E-state index contributed by atoms with van der Waals surface area (Å²) in [7, 11) is 2.03. The Labute approximate surface area is 191 Å². The van der Waals surface area contributed by atoms with Crippen molar-refractivity contribution in [3.8, 4) is 0 Å². The van der Waals surface area contributed by atoms with Gasteiger partial charge in [0.1, 0.15) is 17.9 Å². The lowest BCUT2D eigenvalue weighted by molar-refractivity contribution is 0.112. The highest BCUT2D eigenvalue weighted by molar-refractivity contribution is 8.00. The molecule has 5 nitrogen and oxygen atoms in total. The van der Waals surface area contributed by atoms with E-state index in [9.17, 15) is 18.0 Å². The molecule has 4 N–H and O–H groups in total. The van der Waals surface area contributed by atoms with Crippen molar-refractivity contribution in [3.63, 3.8) is 0 Å². The lowest BCUT2D eigenvalue weighted by atomic mass is 9.98. The average molecular weight is 470 g/mol. The van der Waals surface area contributed by atoms with Gasteiger partial charge >= 0.3 is 0 Å². The van der Waals surface area contributed by atoms with Gasteiger partial charge in [-0.2, -0.15) is 11.8 Å². The second kappa shape index (κ2) is 13.2. The third kappa shape index (κ3) is 8.29. The first-order valence-electron chi connectivity index (χ1n) is 9.94. The van der Waals surface area contributed by atoms with E-state index in [2.05, 4.69) is 17.6 Å². The van der Waals surface area contributed by atoms with E-state index in [1.165, 1.54) is 41.8 Å². The third-order valence-electron chi connectivity index (χ3n) is 4.50. The summed E-state index contributed by atoms with van der Waals surface area (Å²) in [6.07, 6.45) is 0.546. The molecular formula is C23H30F3N3O2S. The Balaban J connectivity index is 0.000000424. The highest BCUT2D eigenvalue weighted by Gasteiger charge is 2.29. The zero-order valence-electron chi connectivity index (χ0n) is 18.6. The van der Waals surface area contributed by atoms with Crippen LogP contribution in [-0.4, -0.2) is 54.1 Å². The molecule has 0 spiro atoms. The maximum absolute atomic E-state index is 14.4. The fraction of sp³-hybridized carbons (Fsp3) is 0.391. The van der Waals surface area contributed by atoms with E-state index < -0.39 is 18.5 Å². The zero-order valence-corrected chi connectivity index (χ0v) is 19.5. The van der Waals surface area contributed by atoms with E-state index in [1.807, 2.05) is 32.7 Å². The molecule has 2 aromatic rings. The fourth-order valence-corrected chi connectivity index (χ4v) is 3.82. The first kappa shape index (κ1) is 27.7. The van der Waals surface area contributed by atoms with E-state index in [4.69, 9.17) is 10.5 Å². The number of hydrogen-bond acceptors (Lipinski definition) is 6. The minimum atomic E-state index is -1.25. The largest absolute Gasteiger partial charge is 0.382 e. The number of hydrogen-bond donors (Lipinski definition) is 4. The number of nitrogens with one attached hydrogen (secondary N) is 3. The second-order valence-electron chi connectivity index (χ2n) is 7.65. The predicted octanol–water partition coefficient (Wildman–Crippen LogP) is 4.63. The number of halogens is 3.